The first kappa shape index (κ1) is 18.5. The lowest BCUT2D eigenvalue weighted by Gasteiger charge is -2.21. The highest BCUT2D eigenvalue weighted by Gasteiger charge is 2.20. The maximum Gasteiger partial charge on any atom is 0.238 e. The minimum absolute atomic E-state index is 0.00542. The van der Waals surface area contributed by atoms with Gasteiger partial charge >= 0.3 is 0 Å². The van der Waals surface area contributed by atoms with Crippen LogP contribution in [0, 0.1) is 5.92 Å². The smallest absolute Gasteiger partial charge is 0.238 e. The van der Waals surface area contributed by atoms with Gasteiger partial charge in [0.2, 0.25) is 10.0 Å². The number of benzene rings is 1. The summed E-state index contributed by atoms with van der Waals surface area (Å²) < 4.78 is 23.9. The van der Waals surface area contributed by atoms with E-state index in [2.05, 4.69) is 10.3 Å². The number of pyridine rings is 1. The summed E-state index contributed by atoms with van der Waals surface area (Å²) in [6, 6.07) is 10.2. The van der Waals surface area contributed by atoms with Crippen LogP contribution in [0.4, 0.5) is 0 Å². The van der Waals surface area contributed by atoms with E-state index >= 15 is 0 Å². The quantitative estimate of drug-likeness (QED) is 0.702. The van der Waals surface area contributed by atoms with E-state index in [-0.39, 0.29) is 23.5 Å². The molecule has 0 radical (unpaired) electrons. The van der Waals surface area contributed by atoms with Gasteiger partial charge in [-0.15, -0.1) is 0 Å². The lowest BCUT2D eigenvalue weighted by Crippen LogP contribution is -2.36. The summed E-state index contributed by atoms with van der Waals surface area (Å²) in [5.74, 6) is 0.245. The van der Waals surface area contributed by atoms with Gasteiger partial charge in [-0.25, -0.2) is 13.6 Å². The Kier molecular flexibility index (Phi) is 6.06. The van der Waals surface area contributed by atoms with E-state index in [9.17, 15) is 13.5 Å². The van der Waals surface area contributed by atoms with Crippen LogP contribution in [0.25, 0.3) is 11.3 Å². The molecule has 130 valence electrons. The zero-order valence-corrected chi connectivity index (χ0v) is 14.6. The molecular weight excluding hydrogens is 326 g/mol. The third-order valence-electron chi connectivity index (χ3n) is 3.90. The first-order valence-corrected chi connectivity index (χ1v) is 9.29. The Labute approximate surface area is 142 Å². The molecule has 0 fully saturated rings. The van der Waals surface area contributed by atoms with Gasteiger partial charge in [0, 0.05) is 24.3 Å². The van der Waals surface area contributed by atoms with E-state index in [4.69, 9.17) is 5.14 Å². The van der Waals surface area contributed by atoms with Gasteiger partial charge in [-0.3, -0.25) is 4.98 Å². The highest BCUT2D eigenvalue weighted by Crippen LogP contribution is 2.29. The van der Waals surface area contributed by atoms with Crippen molar-refractivity contribution in [2.24, 2.45) is 11.1 Å². The molecule has 0 spiro atoms. The topological polar surface area (TPSA) is 105 Å². The van der Waals surface area contributed by atoms with E-state index in [1.165, 1.54) is 6.07 Å². The molecule has 0 amide bonds. The number of nitrogens with two attached hydrogens (primary N) is 1. The highest BCUT2D eigenvalue weighted by molar-refractivity contribution is 7.89. The van der Waals surface area contributed by atoms with Gasteiger partial charge in [-0.1, -0.05) is 32.0 Å². The van der Waals surface area contributed by atoms with Crippen molar-refractivity contribution in [3.63, 3.8) is 0 Å². The number of aliphatic hydroxyl groups is 1. The van der Waals surface area contributed by atoms with Crippen LogP contribution in [0.15, 0.2) is 47.5 Å². The Morgan fingerprint density at radius 2 is 1.96 bits per heavy atom. The van der Waals surface area contributed by atoms with Gasteiger partial charge in [0.25, 0.3) is 0 Å². The van der Waals surface area contributed by atoms with Crippen LogP contribution in [-0.4, -0.2) is 31.2 Å². The van der Waals surface area contributed by atoms with Crippen molar-refractivity contribution in [2.45, 2.75) is 31.3 Å². The van der Waals surface area contributed by atoms with Gasteiger partial charge in [0.05, 0.1) is 17.2 Å². The number of nitrogens with one attached hydrogen (secondary N) is 1. The summed E-state index contributed by atoms with van der Waals surface area (Å²) in [5, 5.41) is 18.1. The summed E-state index contributed by atoms with van der Waals surface area (Å²) in [4.78, 5) is 4.32. The SMILES string of the molecule is CC(C)[C@H](CO)NCc1cccc(S(N)(=O)=O)c1-c1ccccn1. The number of aromatic nitrogens is 1. The zero-order valence-electron chi connectivity index (χ0n) is 13.8. The number of aliphatic hydroxyl groups excluding tert-OH is 1. The van der Waals surface area contributed by atoms with Gasteiger partial charge in [-0.2, -0.15) is 0 Å². The maximum absolute atomic E-state index is 12.0. The van der Waals surface area contributed by atoms with Crippen LogP contribution in [0.5, 0.6) is 0 Å². The molecule has 1 heterocycles. The number of sulfonamides is 1. The number of primary sulfonamides is 1. The first-order chi connectivity index (χ1) is 11.3. The molecule has 2 rings (SSSR count). The van der Waals surface area contributed by atoms with Crippen molar-refractivity contribution >= 4 is 10.0 Å². The third kappa shape index (κ3) is 4.39. The Bertz CT molecular complexity index is 777. The molecule has 0 saturated carbocycles. The molecular formula is C17H23N3O3S. The molecule has 1 atom stereocenters. The second-order valence-electron chi connectivity index (χ2n) is 5.96. The Morgan fingerprint density at radius 3 is 2.50 bits per heavy atom. The molecule has 24 heavy (non-hydrogen) atoms. The molecule has 4 N–H and O–H groups in total. The normalized spacial score (nSPS) is 13.2. The second-order valence-corrected chi connectivity index (χ2v) is 7.49. The molecule has 0 aliphatic rings. The number of rotatable bonds is 7. The van der Waals surface area contributed by atoms with Gasteiger partial charge in [-0.05, 0) is 29.7 Å². The van der Waals surface area contributed by atoms with E-state index in [1.807, 2.05) is 19.9 Å². The predicted octanol–water partition coefficient (Wildman–Crippen LogP) is 1.50. The number of hydrogen-bond acceptors (Lipinski definition) is 5. The summed E-state index contributed by atoms with van der Waals surface area (Å²) in [6.07, 6.45) is 1.61. The molecule has 0 aliphatic heterocycles. The van der Waals surface area contributed by atoms with Gasteiger partial charge < -0.3 is 10.4 Å². The minimum atomic E-state index is -3.88. The van der Waals surface area contributed by atoms with Crippen LogP contribution in [0.2, 0.25) is 0 Å². The molecule has 0 unspecified atom stereocenters. The largest absolute Gasteiger partial charge is 0.395 e. The predicted molar refractivity (Wildman–Crippen MR) is 93.6 cm³/mol. The molecule has 1 aromatic heterocycles. The summed E-state index contributed by atoms with van der Waals surface area (Å²) in [6.45, 7) is 4.42. The molecule has 0 saturated heterocycles. The van der Waals surface area contributed by atoms with E-state index in [1.54, 1.807) is 30.5 Å². The second kappa shape index (κ2) is 7.85. The van der Waals surface area contributed by atoms with E-state index in [0.29, 0.717) is 17.8 Å². The average molecular weight is 349 g/mol. The van der Waals surface area contributed by atoms with Gasteiger partial charge in [0.15, 0.2) is 0 Å². The Morgan fingerprint density at radius 1 is 1.21 bits per heavy atom. The molecule has 2 aromatic rings. The minimum Gasteiger partial charge on any atom is -0.395 e. The molecule has 0 aliphatic carbocycles. The van der Waals surface area contributed by atoms with Gasteiger partial charge in [0.1, 0.15) is 0 Å². The zero-order chi connectivity index (χ0) is 17.7. The van der Waals surface area contributed by atoms with Crippen LogP contribution >= 0.6 is 0 Å². The van der Waals surface area contributed by atoms with Crippen molar-refractivity contribution in [3.8, 4) is 11.3 Å². The van der Waals surface area contributed by atoms with E-state index < -0.39 is 10.0 Å². The molecule has 0 bridgehead atoms. The summed E-state index contributed by atoms with van der Waals surface area (Å²) in [5.41, 5.74) is 1.80. The lowest BCUT2D eigenvalue weighted by molar-refractivity contribution is 0.210. The fraction of sp³-hybridized carbons (Fsp3) is 0.353. The van der Waals surface area contributed by atoms with Crippen LogP contribution in [0.3, 0.4) is 0 Å². The first-order valence-electron chi connectivity index (χ1n) is 7.75. The Balaban J connectivity index is 2.48. The molecule has 7 heteroatoms. The fourth-order valence-corrected chi connectivity index (χ4v) is 3.30. The number of hydrogen-bond donors (Lipinski definition) is 3. The summed E-state index contributed by atoms with van der Waals surface area (Å²) in [7, 11) is -3.88. The van der Waals surface area contributed by atoms with Crippen molar-refractivity contribution in [1.29, 1.82) is 0 Å². The molecule has 1 aromatic carbocycles. The van der Waals surface area contributed by atoms with Crippen LogP contribution in [0.1, 0.15) is 19.4 Å². The van der Waals surface area contributed by atoms with E-state index in [0.717, 1.165) is 5.56 Å². The number of nitrogens with zero attached hydrogens (tertiary/aromatic N) is 1. The Hall–Kier alpha value is -1.80. The standard InChI is InChI=1S/C17H23N3O3S/c1-12(2)15(11-21)20-10-13-6-5-8-16(24(18,22)23)17(13)14-7-3-4-9-19-14/h3-9,12,15,20-21H,10-11H2,1-2H3,(H2,18,22,23)/t15-/m0/s1. The maximum atomic E-state index is 12.0. The third-order valence-corrected chi connectivity index (χ3v) is 4.85. The van der Waals surface area contributed by atoms with Crippen molar-refractivity contribution in [1.82, 2.24) is 10.3 Å². The van der Waals surface area contributed by atoms with Crippen molar-refractivity contribution in [2.75, 3.05) is 6.61 Å². The van der Waals surface area contributed by atoms with Crippen molar-refractivity contribution < 1.29 is 13.5 Å². The fourth-order valence-electron chi connectivity index (χ4n) is 2.51. The molecule has 6 nitrogen and oxygen atoms in total. The monoisotopic (exact) mass is 349 g/mol. The highest BCUT2D eigenvalue weighted by atomic mass is 32.2. The van der Waals surface area contributed by atoms with Crippen LogP contribution < -0.4 is 10.5 Å². The average Bonchev–Trinajstić information content (AvgIpc) is 2.55. The lowest BCUT2D eigenvalue weighted by atomic mass is 10.0. The van der Waals surface area contributed by atoms with Crippen molar-refractivity contribution in [3.05, 3.63) is 48.2 Å². The summed E-state index contributed by atoms with van der Waals surface area (Å²) >= 11 is 0. The van der Waals surface area contributed by atoms with Crippen LogP contribution in [-0.2, 0) is 16.6 Å².